The number of hydrogen-bond donors (Lipinski definition) is 1. The number of aromatic nitrogens is 1. The molecule has 0 bridgehead atoms. The van der Waals surface area contributed by atoms with Gasteiger partial charge in [0.2, 0.25) is 0 Å². The molecule has 0 unspecified atom stereocenters. The van der Waals surface area contributed by atoms with Crippen LogP contribution < -0.4 is 10.1 Å². The lowest BCUT2D eigenvalue weighted by molar-refractivity contribution is 0.303. The van der Waals surface area contributed by atoms with Crippen molar-refractivity contribution >= 4 is 0 Å². The highest BCUT2D eigenvalue weighted by atomic mass is 16.5. The second-order valence-corrected chi connectivity index (χ2v) is 4.67. The average molecular weight is 256 g/mol. The third-order valence-corrected chi connectivity index (χ3v) is 3.18. The first-order valence-corrected chi connectivity index (χ1v) is 6.48. The normalized spacial score (nSPS) is 10.5. The lowest BCUT2D eigenvalue weighted by atomic mass is 10.0. The summed E-state index contributed by atoms with van der Waals surface area (Å²) in [5, 5.41) is 3.07. The van der Waals surface area contributed by atoms with Gasteiger partial charge in [0.1, 0.15) is 12.4 Å². The van der Waals surface area contributed by atoms with Crippen LogP contribution in [0.3, 0.4) is 0 Å². The maximum atomic E-state index is 5.80. The van der Waals surface area contributed by atoms with Gasteiger partial charge in [-0.25, -0.2) is 0 Å². The Balaban J connectivity index is 2.02. The molecule has 0 saturated carbocycles. The van der Waals surface area contributed by atoms with Crippen molar-refractivity contribution in [3.05, 3.63) is 58.9 Å². The summed E-state index contributed by atoms with van der Waals surface area (Å²) in [6.45, 7) is 5.59. The maximum Gasteiger partial charge on any atom is 0.138 e. The lowest BCUT2D eigenvalue weighted by Crippen LogP contribution is -2.07. The van der Waals surface area contributed by atoms with E-state index < -0.39 is 0 Å². The molecule has 100 valence electrons. The van der Waals surface area contributed by atoms with Crippen LogP contribution in [0.15, 0.2) is 36.5 Å². The minimum absolute atomic E-state index is 0.589. The smallest absolute Gasteiger partial charge is 0.138 e. The monoisotopic (exact) mass is 256 g/mol. The van der Waals surface area contributed by atoms with Crippen LogP contribution in [0.25, 0.3) is 0 Å². The predicted molar refractivity (Wildman–Crippen MR) is 77.2 cm³/mol. The number of ether oxygens (including phenoxy) is 1. The van der Waals surface area contributed by atoms with Crippen molar-refractivity contribution in [2.75, 3.05) is 7.05 Å². The molecule has 0 aliphatic heterocycles. The van der Waals surface area contributed by atoms with Crippen LogP contribution in [0, 0.1) is 13.8 Å². The summed E-state index contributed by atoms with van der Waals surface area (Å²) in [5.41, 5.74) is 4.79. The van der Waals surface area contributed by atoms with Gasteiger partial charge < -0.3 is 10.1 Å². The number of hydrogen-bond acceptors (Lipinski definition) is 3. The summed E-state index contributed by atoms with van der Waals surface area (Å²) in [7, 11) is 1.91. The summed E-state index contributed by atoms with van der Waals surface area (Å²) in [6.07, 6.45) is 1.78. The standard InChI is InChI=1S/C16H20N2O/c1-12-5-4-6-13(2)16(12)11-19-15-8-7-14(9-17-3)18-10-15/h4-8,10,17H,9,11H2,1-3H3. The zero-order valence-corrected chi connectivity index (χ0v) is 11.7. The van der Waals surface area contributed by atoms with E-state index in [4.69, 9.17) is 4.74 Å². The van der Waals surface area contributed by atoms with Gasteiger partial charge in [0.15, 0.2) is 0 Å². The molecular formula is C16H20N2O. The van der Waals surface area contributed by atoms with E-state index in [0.29, 0.717) is 6.61 Å². The van der Waals surface area contributed by atoms with Crippen molar-refractivity contribution in [3.63, 3.8) is 0 Å². The molecule has 0 fully saturated rings. The van der Waals surface area contributed by atoms with E-state index in [1.165, 1.54) is 16.7 Å². The van der Waals surface area contributed by atoms with Crippen LogP contribution in [-0.2, 0) is 13.2 Å². The number of rotatable bonds is 5. The topological polar surface area (TPSA) is 34.1 Å². The van der Waals surface area contributed by atoms with E-state index in [1.807, 2.05) is 19.2 Å². The quantitative estimate of drug-likeness (QED) is 0.893. The van der Waals surface area contributed by atoms with Crippen molar-refractivity contribution in [3.8, 4) is 5.75 Å². The highest BCUT2D eigenvalue weighted by Crippen LogP contribution is 2.17. The van der Waals surface area contributed by atoms with Crippen LogP contribution in [0.1, 0.15) is 22.4 Å². The third-order valence-electron chi connectivity index (χ3n) is 3.18. The van der Waals surface area contributed by atoms with Crippen LogP contribution in [-0.4, -0.2) is 12.0 Å². The molecule has 1 N–H and O–H groups in total. The number of nitrogens with zero attached hydrogens (tertiary/aromatic N) is 1. The Kier molecular flexibility index (Phi) is 4.53. The molecule has 0 aliphatic carbocycles. The fourth-order valence-corrected chi connectivity index (χ4v) is 2.01. The Labute approximate surface area is 114 Å². The van der Waals surface area contributed by atoms with Crippen LogP contribution >= 0.6 is 0 Å². The highest BCUT2D eigenvalue weighted by Gasteiger charge is 2.03. The Morgan fingerprint density at radius 1 is 1.11 bits per heavy atom. The fraction of sp³-hybridized carbons (Fsp3) is 0.312. The van der Waals surface area contributed by atoms with E-state index in [-0.39, 0.29) is 0 Å². The number of pyridine rings is 1. The van der Waals surface area contributed by atoms with Crippen LogP contribution in [0.4, 0.5) is 0 Å². The Morgan fingerprint density at radius 3 is 2.42 bits per heavy atom. The van der Waals surface area contributed by atoms with Gasteiger partial charge in [-0.1, -0.05) is 18.2 Å². The molecule has 2 rings (SSSR count). The van der Waals surface area contributed by atoms with Crippen molar-refractivity contribution in [1.82, 2.24) is 10.3 Å². The van der Waals surface area contributed by atoms with Gasteiger partial charge in [0.05, 0.1) is 11.9 Å². The molecule has 0 saturated heterocycles. The second-order valence-electron chi connectivity index (χ2n) is 4.67. The number of aryl methyl sites for hydroxylation is 2. The molecule has 19 heavy (non-hydrogen) atoms. The van der Waals surface area contributed by atoms with Gasteiger partial charge >= 0.3 is 0 Å². The molecule has 0 aliphatic rings. The molecule has 0 amide bonds. The van der Waals surface area contributed by atoms with Gasteiger partial charge in [0, 0.05) is 6.54 Å². The van der Waals surface area contributed by atoms with Crippen LogP contribution in [0.5, 0.6) is 5.75 Å². The summed E-state index contributed by atoms with van der Waals surface area (Å²) < 4.78 is 5.80. The van der Waals surface area contributed by atoms with E-state index in [1.54, 1.807) is 6.20 Å². The van der Waals surface area contributed by atoms with E-state index in [0.717, 1.165) is 18.0 Å². The molecule has 0 spiro atoms. The largest absolute Gasteiger partial charge is 0.487 e. The molecule has 2 aromatic rings. The molecule has 1 aromatic carbocycles. The molecule has 0 atom stereocenters. The summed E-state index contributed by atoms with van der Waals surface area (Å²) >= 11 is 0. The first-order valence-electron chi connectivity index (χ1n) is 6.48. The number of benzene rings is 1. The Hall–Kier alpha value is -1.87. The molecule has 0 radical (unpaired) electrons. The Morgan fingerprint density at radius 2 is 1.84 bits per heavy atom. The van der Waals surface area contributed by atoms with Gasteiger partial charge in [-0.2, -0.15) is 0 Å². The first kappa shape index (κ1) is 13.6. The minimum Gasteiger partial charge on any atom is -0.487 e. The first-order chi connectivity index (χ1) is 9.20. The van der Waals surface area contributed by atoms with E-state index in [2.05, 4.69) is 42.3 Å². The van der Waals surface area contributed by atoms with Crippen molar-refractivity contribution < 1.29 is 4.74 Å². The summed E-state index contributed by atoms with van der Waals surface area (Å²) in [6, 6.07) is 10.2. The molecular weight excluding hydrogens is 236 g/mol. The highest BCUT2D eigenvalue weighted by molar-refractivity contribution is 5.33. The SMILES string of the molecule is CNCc1ccc(OCc2c(C)cccc2C)cn1. The van der Waals surface area contributed by atoms with Crippen molar-refractivity contribution in [2.45, 2.75) is 27.0 Å². The van der Waals surface area contributed by atoms with Crippen LogP contribution in [0.2, 0.25) is 0 Å². The maximum absolute atomic E-state index is 5.80. The number of nitrogens with one attached hydrogen (secondary N) is 1. The molecule has 3 nitrogen and oxygen atoms in total. The minimum atomic E-state index is 0.589. The third kappa shape index (κ3) is 3.55. The van der Waals surface area contributed by atoms with E-state index in [9.17, 15) is 0 Å². The zero-order chi connectivity index (χ0) is 13.7. The van der Waals surface area contributed by atoms with E-state index >= 15 is 0 Å². The lowest BCUT2D eigenvalue weighted by Gasteiger charge is -2.11. The van der Waals surface area contributed by atoms with Crippen molar-refractivity contribution in [2.24, 2.45) is 0 Å². The van der Waals surface area contributed by atoms with Gasteiger partial charge in [-0.15, -0.1) is 0 Å². The molecule has 1 aromatic heterocycles. The van der Waals surface area contributed by atoms with Crippen molar-refractivity contribution in [1.29, 1.82) is 0 Å². The molecule has 1 heterocycles. The second kappa shape index (κ2) is 6.34. The van der Waals surface area contributed by atoms with Gasteiger partial charge in [-0.3, -0.25) is 4.98 Å². The average Bonchev–Trinajstić information content (AvgIpc) is 2.40. The fourth-order valence-electron chi connectivity index (χ4n) is 2.01. The van der Waals surface area contributed by atoms with Gasteiger partial charge in [0.25, 0.3) is 0 Å². The van der Waals surface area contributed by atoms with Gasteiger partial charge in [-0.05, 0) is 49.7 Å². The Bertz CT molecular complexity index is 515. The summed E-state index contributed by atoms with van der Waals surface area (Å²) in [4.78, 5) is 4.34. The predicted octanol–water partition coefficient (Wildman–Crippen LogP) is 3.00. The zero-order valence-electron chi connectivity index (χ0n) is 11.7. The summed E-state index contributed by atoms with van der Waals surface area (Å²) in [5.74, 6) is 0.808. The molecule has 3 heteroatoms.